The van der Waals surface area contributed by atoms with E-state index in [2.05, 4.69) is 31.0 Å². The number of hydrogen-bond donors (Lipinski definition) is 1. The molecule has 1 aromatic rings. The predicted octanol–water partition coefficient (Wildman–Crippen LogP) is 3.14. The predicted molar refractivity (Wildman–Crippen MR) is 55.9 cm³/mol. The Bertz CT molecular complexity index is 326. The zero-order valence-corrected chi connectivity index (χ0v) is 9.83. The average Bonchev–Trinajstić information content (AvgIpc) is 2.27. The fourth-order valence-electron chi connectivity index (χ4n) is 1.55. The molecule has 0 atom stereocenters. The summed E-state index contributed by atoms with van der Waals surface area (Å²) in [5.74, 6) is -0.373. The zero-order chi connectivity index (χ0) is 11.1. The Morgan fingerprint density at radius 2 is 1.50 bits per heavy atom. The van der Waals surface area contributed by atoms with Crippen molar-refractivity contribution in [3.63, 3.8) is 0 Å². The van der Waals surface area contributed by atoms with Gasteiger partial charge in [-0.15, -0.1) is 5.10 Å². The van der Waals surface area contributed by atoms with Gasteiger partial charge in [-0.3, -0.25) is 5.10 Å². The lowest BCUT2D eigenvalue weighted by Gasteiger charge is -2.25. The summed E-state index contributed by atoms with van der Waals surface area (Å²) in [7, 11) is 0. The summed E-state index contributed by atoms with van der Waals surface area (Å²) < 4.78 is 13.5. The number of aromatic amines is 1. The molecule has 0 radical (unpaired) electrons. The van der Waals surface area contributed by atoms with Gasteiger partial charge >= 0.3 is 0 Å². The molecule has 3 heteroatoms. The first kappa shape index (κ1) is 11.2. The van der Waals surface area contributed by atoms with Crippen LogP contribution in [0.5, 0.6) is 0 Å². The van der Waals surface area contributed by atoms with Gasteiger partial charge in [0.1, 0.15) is 0 Å². The SMILES string of the molecule is CC(C)(C)c1[nH]nc(F)c1C(C)(C)C. The molecule has 0 spiro atoms. The molecule has 0 aliphatic carbocycles. The third kappa shape index (κ3) is 1.97. The highest BCUT2D eigenvalue weighted by Gasteiger charge is 2.30. The Balaban J connectivity index is 3.35. The van der Waals surface area contributed by atoms with Gasteiger partial charge in [-0.25, -0.2) is 0 Å². The van der Waals surface area contributed by atoms with Crippen molar-refractivity contribution >= 4 is 0 Å². The standard InChI is InChI=1S/C11H19FN2/c1-10(2,3)7-8(11(4,5)6)13-14-9(7)12/h1-6H3,(H,13,14). The van der Waals surface area contributed by atoms with Crippen LogP contribution >= 0.6 is 0 Å². The van der Waals surface area contributed by atoms with Gasteiger partial charge in [0.05, 0.1) is 0 Å². The van der Waals surface area contributed by atoms with Gasteiger partial charge in [0.25, 0.3) is 0 Å². The number of nitrogens with zero attached hydrogens (tertiary/aromatic N) is 1. The van der Waals surface area contributed by atoms with Crippen molar-refractivity contribution < 1.29 is 4.39 Å². The Labute approximate surface area is 84.9 Å². The van der Waals surface area contributed by atoms with E-state index < -0.39 is 0 Å². The summed E-state index contributed by atoms with van der Waals surface area (Å²) in [6.07, 6.45) is 0. The van der Waals surface area contributed by atoms with Crippen molar-refractivity contribution in [1.82, 2.24) is 10.2 Å². The number of H-pyrrole nitrogens is 1. The third-order valence-corrected chi connectivity index (χ3v) is 2.22. The van der Waals surface area contributed by atoms with E-state index in [1.54, 1.807) is 0 Å². The minimum Gasteiger partial charge on any atom is -0.279 e. The van der Waals surface area contributed by atoms with Gasteiger partial charge in [-0.05, 0) is 5.41 Å². The van der Waals surface area contributed by atoms with E-state index in [0.717, 1.165) is 5.69 Å². The second kappa shape index (κ2) is 3.07. The van der Waals surface area contributed by atoms with E-state index in [-0.39, 0.29) is 16.8 Å². The van der Waals surface area contributed by atoms with Gasteiger partial charge in [0.2, 0.25) is 5.95 Å². The number of hydrogen-bond acceptors (Lipinski definition) is 1. The molecular weight excluding hydrogens is 179 g/mol. The van der Waals surface area contributed by atoms with Crippen LogP contribution in [0.3, 0.4) is 0 Å². The molecule has 14 heavy (non-hydrogen) atoms. The number of rotatable bonds is 0. The molecule has 1 rings (SSSR count). The van der Waals surface area contributed by atoms with Crippen molar-refractivity contribution in [3.8, 4) is 0 Å². The molecule has 1 heterocycles. The van der Waals surface area contributed by atoms with E-state index >= 15 is 0 Å². The fraction of sp³-hybridized carbons (Fsp3) is 0.727. The average molecular weight is 198 g/mol. The summed E-state index contributed by atoms with van der Waals surface area (Å²) in [5.41, 5.74) is 1.28. The fourth-order valence-corrected chi connectivity index (χ4v) is 1.55. The van der Waals surface area contributed by atoms with E-state index in [4.69, 9.17) is 0 Å². The molecule has 0 saturated carbocycles. The zero-order valence-electron chi connectivity index (χ0n) is 9.83. The molecule has 1 N–H and O–H groups in total. The van der Waals surface area contributed by atoms with Crippen molar-refractivity contribution in [2.75, 3.05) is 0 Å². The molecule has 0 amide bonds. The molecule has 0 unspecified atom stereocenters. The van der Waals surface area contributed by atoms with Gasteiger partial charge in [0, 0.05) is 16.7 Å². The first-order valence-electron chi connectivity index (χ1n) is 4.89. The molecule has 0 saturated heterocycles. The summed E-state index contributed by atoms with van der Waals surface area (Å²) in [5, 5.41) is 6.45. The molecular formula is C11H19FN2. The second-order valence-electron chi connectivity index (χ2n) is 5.76. The topological polar surface area (TPSA) is 28.7 Å². The lowest BCUT2D eigenvalue weighted by Crippen LogP contribution is -2.22. The van der Waals surface area contributed by atoms with Crippen LogP contribution in [0.1, 0.15) is 52.8 Å². The van der Waals surface area contributed by atoms with Gasteiger partial charge in [0.15, 0.2) is 0 Å². The smallest absolute Gasteiger partial charge is 0.236 e. The molecule has 0 fully saturated rings. The quantitative estimate of drug-likeness (QED) is 0.681. The van der Waals surface area contributed by atoms with E-state index in [1.165, 1.54) is 0 Å². The van der Waals surface area contributed by atoms with E-state index in [1.807, 2.05) is 20.8 Å². The number of aromatic nitrogens is 2. The third-order valence-electron chi connectivity index (χ3n) is 2.22. The molecule has 2 nitrogen and oxygen atoms in total. The highest BCUT2D eigenvalue weighted by Crippen LogP contribution is 2.33. The summed E-state index contributed by atoms with van der Waals surface area (Å²) in [6.45, 7) is 12.1. The van der Waals surface area contributed by atoms with Crippen molar-refractivity contribution in [3.05, 3.63) is 17.2 Å². The molecule has 80 valence electrons. The van der Waals surface area contributed by atoms with Gasteiger partial charge in [-0.2, -0.15) is 4.39 Å². The summed E-state index contributed by atoms with van der Waals surface area (Å²) in [6, 6.07) is 0. The van der Waals surface area contributed by atoms with Crippen molar-refractivity contribution in [1.29, 1.82) is 0 Å². The first-order valence-corrected chi connectivity index (χ1v) is 4.89. The summed E-state index contributed by atoms with van der Waals surface area (Å²) >= 11 is 0. The van der Waals surface area contributed by atoms with Crippen molar-refractivity contribution in [2.45, 2.75) is 52.4 Å². The summed E-state index contributed by atoms with van der Waals surface area (Å²) in [4.78, 5) is 0. The Morgan fingerprint density at radius 1 is 1.00 bits per heavy atom. The monoisotopic (exact) mass is 198 g/mol. The van der Waals surface area contributed by atoms with Crippen LogP contribution in [0.2, 0.25) is 0 Å². The van der Waals surface area contributed by atoms with E-state index in [9.17, 15) is 4.39 Å². The van der Waals surface area contributed by atoms with Gasteiger partial charge < -0.3 is 0 Å². The van der Waals surface area contributed by atoms with Crippen LogP contribution < -0.4 is 0 Å². The largest absolute Gasteiger partial charge is 0.279 e. The lowest BCUT2D eigenvalue weighted by molar-refractivity contribution is 0.488. The normalized spacial score (nSPS) is 13.4. The maximum Gasteiger partial charge on any atom is 0.236 e. The minimum absolute atomic E-state index is 0.0973. The maximum absolute atomic E-state index is 13.5. The Hall–Kier alpha value is -0.860. The molecule has 0 bridgehead atoms. The second-order valence-corrected chi connectivity index (χ2v) is 5.76. The van der Waals surface area contributed by atoms with Crippen LogP contribution in [0.4, 0.5) is 4.39 Å². The molecule has 1 aromatic heterocycles. The molecule has 0 aromatic carbocycles. The van der Waals surface area contributed by atoms with Crippen LogP contribution in [0.15, 0.2) is 0 Å². The van der Waals surface area contributed by atoms with Crippen LogP contribution in [0.25, 0.3) is 0 Å². The van der Waals surface area contributed by atoms with Crippen LogP contribution in [-0.4, -0.2) is 10.2 Å². The van der Waals surface area contributed by atoms with E-state index in [0.29, 0.717) is 5.56 Å². The first-order chi connectivity index (χ1) is 6.14. The highest BCUT2D eigenvalue weighted by molar-refractivity contribution is 5.30. The molecule has 0 aliphatic heterocycles. The number of nitrogens with one attached hydrogen (secondary N) is 1. The lowest BCUT2D eigenvalue weighted by atomic mass is 9.79. The Kier molecular flexibility index (Phi) is 2.46. The van der Waals surface area contributed by atoms with Crippen molar-refractivity contribution in [2.24, 2.45) is 0 Å². The Morgan fingerprint density at radius 3 is 1.79 bits per heavy atom. The number of halogens is 1. The maximum atomic E-state index is 13.5. The highest BCUT2D eigenvalue weighted by atomic mass is 19.1. The van der Waals surface area contributed by atoms with Crippen LogP contribution in [-0.2, 0) is 10.8 Å². The van der Waals surface area contributed by atoms with Gasteiger partial charge in [-0.1, -0.05) is 41.5 Å². The van der Waals surface area contributed by atoms with Crippen LogP contribution in [0, 0.1) is 5.95 Å². The molecule has 0 aliphatic rings. The minimum atomic E-state index is -0.373.